The third kappa shape index (κ3) is 2.97. The van der Waals surface area contributed by atoms with Crippen LogP contribution in [-0.2, 0) is 6.54 Å². The molecule has 1 aliphatic rings. The van der Waals surface area contributed by atoms with Crippen LogP contribution in [0.2, 0.25) is 0 Å². The summed E-state index contributed by atoms with van der Waals surface area (Å²) in [6.45, 7) is 7.52. The molecule has 0 aliphatic carbocycles. The summed E-state index contributed by atoms with van der Waals surface area (Å²) in [4.78, 5) is 7.06. The van der Waals surface area contributed by atoms with Crippen LogP contribution in [0.5, 0.6) is 0 Å². The summed E-state index contributed by atoms with van der Waals surface area (Å²) in [6, 6.07) is 4.84. The number of anilines is 1. The van der Waals surface area contributed by atoms with Crippen molar-refractivity contribution in [3.05, 3.63) is 23.9 Å². The highest BCUT2D eigenvalue weighted by Crippen LogP contribution is 2.25. The smallest absolute Gasteiger partial charge is 0.133 e. The van der Waals surface area contributed by atoms with Gasteiger partial charge < -0.3 is 10.2 Å². The Morgan fingerprint density at radius 1 is 1.47 bits per heavy atom. The number of hydrogen-bond donors (Lipinski definition) is 1. The first-order valence-corrected chi connectivity index (χ1v) is 6.74. The second kappa shape index (κ2) is 6.01. The van der Waals surface area contributed by atoms with E-state index in [0.717, 1.165) is 19.6 Å². The fraction of sp³-hybridized carbons (Fsp3) is 0.643. The van der Waals surface area contributed by atoms with Crippen molar-refractivity contribution in [2.45, 2.75) is 45.7 Å². The molecule has 2 rings (SSSR count). The molecule has 0 radical (unpaired) electrons. The number of aromatic nitrogens is 1. The van der Waals surface area contributed by atoms with E-state index in [1.807, 2.05) is 12.3 Å². The van der Waals surface area contributed by atoms with Gasteiger partial charge in [0.2, 0.25) is 0 Å². The van der Waals surface area contributed by atoms with Crippen molar-refractivity contribution in [2.75, 3.05) is 18.0 Å². The lowest BCUT2D eigenvalue weighted by Gasteiger charge is -2.35. The molecule has 0 spiro atoms. The van der Waals surface area contributed by atoms with Gasteiger partial charge in [-0.05, 0) is 38.8 Å². The Morgan fingerprint density at radius 3 is 3.12 bits per heavy atom. The van der Waals surface area contributed by atoms with E-state index in [1.54, 1.807) is 0 Å². The standard InChI is InChI=1S/C14H23N3/c1-3-15-11-13-8-6-9-16-14(13)17-10-5-4-7-12(17)2/h6,8-9,12,15H,3-5,7,10-11H2,1-2H3. The topological polar surface area (TPSA) is 28.2 Å². The van der Waals surface area contributed by atoms with Gasteiger partial charge >= 0.3 is 0 Å². The monoisotopic (exact) mass is 233 g/mol. The molecule has 0 aromatic carbocycles. The molecular weight excluding hydrogens is 210 g/mol. The van der Waals surface area contributed by atoms with Crippen molar-refractivity contribution in [3.63, 3.8) is 0 Å². The minimum Gasteiger partial charge on any atom is -0.354 e. The molecule has 3 heteroatoms. The molecule has 2 heterocycles. The van der Waals surface area contributed by atoms with E-state index < -0.39 is 0 Å². The van der Waals surface area contributed by atoms with E-state index in [0.29, 0.717) is 6.04 Å². The second-order valence-electron chi connectivity index (χ2n) is 4.80. The molecule has 1 N–H and O–H groups in total. The largest absolute Gasteiger partial charge is 0.354 e. The molecule has 1 aliphatic heterocycles. The van der Waals surface area contributed by atoms with Crippen LogP contribution in [0.3, 0.4) is 0 Å². The van der Waals surface area contributed by atoms with Gasteiger partial charge in [-0.2, -0.15) is 0 Å². The number of nitrogens with one attached hydrogen (secondary N) is 1. The van der Waals surface area contributed by atoms with Crippen LogP contribution in [0.15, 0.2) is 18.3 Å². The molecule has 0 bridgehead atoms. The average Bonchev–Trinajstić information content (AvgIpc) is 2.37. The Morgan fingerprint density at radius 2 is 2.35 bits per heavy atom. The fourth-order valence-corrected chi connectivity index (χ4v) is 2.50. The molecule has 1 atom stereocenters. The van der Waals surface area contributed by atoms with Crippen LogP contribution in [0.4, 0.5) is 5.82 Å². The second-order valence-corrected chi connectivity index (χ2v) is 4.80. The lowest BCUT2D eigenvalue weighted by atomic mass is 10.0. The molecule has 1 aromatic heterocycles. The van der Waals surface area contributed by atoms with Crippen LogP contribution in [0, 0.1) is 0 Å². The Bertz CT molecular complexity index is 351. The number of pyridine rings is 1. The van der Waals surface area contributed by atoms with Crippen molar-refractivity contribution in [3.8, 4) is 0 Å². The maximum Gasteiger partial charge on any atom is 0.133 e. The zero-order valence-electron chi connectivity index (χ0n) is 10.9. The molecule has 1 saturated heterocycles. The van der Waals surface area contributed by atoms with Gasteiger partial charge in [-0.25, -0.2) is 4.98 Å². The maximum absolute atomic E-state index is 4.59. The zero-order chi connectivity index (χ0) is 12.1. The van der Waals surface area contributed by atoms with Crippen LogP contribution in [0.1, 0.15) is 38.7 Å². The lowest BCUT2D eigenvalue weighted by Crippen LogP contribution is -2.38. The van der Waals surface area contributed by atoms with Crippen molar-refractivity contribution >= 4 is 5.82 Å². The van der Waals surface area contributed by atoms with E-state index >= 15 is 0 Å². The minimum atomic E-state index is 0.624. The maximum atomic E-state index is 4.59. The molecule has 0 saturated carbocycles. The number of piperidine rings is 1. The van der Waals surface area contributed by atoms with E-state index in [1.165, 1.54) is 30.6 Å². The summed E-state index contributed by atoms with van der Waals surface area (Å²) < 4.78 is 0. The first kappa shape index (κ1) is 12.4. The minimum absolute atomic E-state index is 0.624. The summed E-state index contributed by atoms with van der Waals surface area (Å²) in [7, 11) is 0. The Hall–Kier alpha value is -1.09. The first-order chi connectivity index (χ1) is 8.33. The molecule has 1 unspecified atom stereocenters. The van der Waals surface area contributed by atoms with Crippen LogP contribution >= 0.6 is 0 Å². The lowest BCUT2D eigenvalue weighted by molar-refractivity contribution is 0.479. The third-order valence-corrected chi connectivity index (χ3v) is 3.51. The van der Waals surface area contributed by atoms with Crippen LogP contribution in [-0.4, -0.2) is 24.1 Å². The highest BCUT2D eigenvalue weighted by molar-refractivity contribution is 5.47. The zero-order valence-corrected chi connectivity index (χ0v) is 10.9. The fourth-order valence-electron chi connectivity index (χ4n) is 2.50. The predicted molar refractivity (Wildman–Crippen MR) is 72.3 cm³/mol. The van der Waals surface area contributed by atoms with Crippen molar-refractivity contribution in [1.82, 2.24) is 10.3 Å². The molecule has 1 aromatic rings. The van der Waals surface area contributed by atoms with Gasteiger partial charge in [0.1, 0.15) is 5.82 Å². The highest BCUT2D eigenvalue weighted by atomic mass is 15.2. The summed E-state index contributed by atoms with van der Waals surface area (Å²) >= 11 is 0. The van der Waals surface area contributed by atoms with E-state index in [9.17, 15) is 0 Å². The van der Waals surface area contributed by atoms with Crippen molar-refractivity contribution < 1.29 is 0 Å². The van der Waals surface area contributed by atoms with Gasteiger partial charge in [0.15, 0.2) is 0 Å². The predicted octanol–water partition coefficient (Wildman–Crippen LogP) is 2.57. The van der Waals surface area contributed by atoms with E-state index in [4.69, 9.17) is 0 Å². The average molecular weight is 233 g/mol. The number of rotatable bonds is 4. The molecule has 94 valence electrons. The van der Waals surface area contributed by atoms with Gasteiger partial charge in [-0.3, -0.25) is 0 Å². The number of hydrogen-bond acceptors (Lipinski definition) is 3. The summed E-state index contributed by atoms with van der Waals surface area (Å²) in [5.41, 5.74) is 1.32. The van der Waals surface area contributed by atoms with E-state index in [-0.39, 0.29) is 0 Å². The first-order valence-electron chi connectivity index (χ1n) is 6.74. The Kier molecular flexibility index (Phi) is 4.37. The van der Waals surface area contributed by atoms with Gasteiger partial charge in [-0.15, -0.1) is 0 Å². The Labute approximate surface area is 104 Å². The van der Waals surface area contributed by atoms with Crippen LogP contribution in [0.25, 0.3) is 0 Å². The van der Waals surface area contributed by atoms with Gasteiger partial charge in [0.05, 0.1) is 0 Å². The van der Waals surface area contributed by atoms with Crippen molar-refractivity contribution in [1.29, 1.82) is 0 Å². The van der Waals surface area contributed by atoms with Crippen molar-refractivity contribution in [2.24, 2.45) is 0 Å². The van der Waals surface area contributed by atoms with Crippen LogP contribution < -0.4 is 10.2 Å². The Balaban J connectivity index is 2.17. The normalized spacial score (nSPS) is 20.6. The molecular formula is C14H23N3. The quantitative estimate of drug-likeness (QED) is 0.866. The molecule has 0 amide bonds. The third-order valence-electron chi connectivity index (χ3n) is 3.51. The SMILES string of the molecule is CCNCc1cccnc1N1CCCCC1C. The van der Waals surface area contributed by atoms with Gasteiger partial charge in [-0.1, -0.05) is 13.0 Å². The summed E-state index contributed by atoms with van der Waals surface area (Å²) in [5.74, 6) is 1.18. The molecule has 3 nitrogen and oxygen atoms in total. The molecule has 1 fully saturated rings. The number of nitrogens with zero attached hydrogens (tertiary/aromatic N) is 2. The summed E-state index contributed by atoms with van der Waals surface area (Å²) in [6.07, 6.45) is 5.85. The van der Waals surface area contributed by atoms with Gasteiger partial charge in [0.25, 0.3) is 0 Å². The van der Waals surface area contributed by atoms with Gasteiger partial charge in [0, 0.05) is 30.9 Å². The summed E-state index contributed by atoms with van der Waals surface area (Å²) in [5, 5.41) is 3.39. The highest BCUT2D eigenvalue weighted by Gasteiger charge is 2.21. The molecule has 17 heavy (non-hydrogen) atoms. The van der Waals surface area contributed by atoms with E-state index in [2.05, 4.69) is 35.1 Å².